The lowest BCUT2D eigenvalue weighted by molar-refractivity contribution is -0.0154. The second kappa shape index (κ2) is 9.36. The third-order valence-electron chi connectivity index (χ3n) is 4.94. The van der Waals surface area contributed by atoms with Crippen LogP contribution in [0.25, 0.3) is 0 Å². The fraction of sp³-hybridized carbons (Fsp3) is 0.941. The molecule has 0 saturated heterocycles. The van der Waals surface area contributed by atoms with Crippen LogP contribution in [-0.4, -0.2) is 36.1 Å². The minimum absolute atomic E-state index is 0.247. The maximum Gasteiger partial charge on any atom is 0.405 e. The number of carbonyl (C=O) groups is 1. The molecule has 22 heavy (non-hydrogen) atoms. The van der Waals surface area contributed by atoms with E-state index in [2.05, 4.69) is 6.92 Å². The molecule has 0 aromatic carbocycles. The Kier molecular flexibility index (Phi) is 8.18. The van der Waals surface area contributed by atoms with E-state index in [-0.39, 0.29) is 12.5 Å². The van der Waals surface area contributed by atoms with Gasteiger partial charge in [-0.25, -0.2) is 4.79 Å². The van der Waals surface area contributed by atoms with E-state index in [1.807, 2.05) is 13.8 Å². The average molecular weight is 315 g/mol. The van der Waals surface area contributed by atoms with Gasteiger partial charge in [0, 0.05) is 13.2 Å². The second-order valence-corrected chi connectivity index (χ2v) is 7.11. The van der Waals surface area contributed by atoms with E-state index in [0.29, 0.717) is 12.0 Å². The molecule has 0 heterocycles. The Balaban J connectivity index is 2.25. The third-order valence-corrected chi connectivity index (χ3v) is 4.94. The van der Waals surface area contributed by atoms with E-state index >= 15 is 0 Å². The fourth-order valence-corrected chi connectivity index (χ4v) is 3.14. The molecule has 0 aromatic heterocycles. The predicted molar refractivity (Wildman–Crippen MR) is 86.5 cm³/mol. The Hall–Kier alpha value is -0.810. The quantitative estimate of drug-likeness (QED) is 0.640. The smallest absolute Gasteiger partial charge is 0.405 e. The topological polar surface area (TPSA) is 81.8 Å². The van der Waals surface area contributed by atoms with Crippen LogP contribution in [0.1, 0.15) is 65.7 Å². The van der Waals surface area contributed by atoms with Gasteiger partial charge in [-0.05, 0) is 70.6 Å². The highest BCUT2D eigenvalue weighted by molar-refractivity contribution is 5.65. The van der Waals surface area contributed by atoms with Gasteiger partial charge in [-0.1, -0.05) is 6.92 Å². The second-order valence-electron chi connectivity index (χ2n) is 7.11. The van der Waals surface area contributed by atoms with Gasteiger partial charge in [0.25, 0.3) is 0 Å². The lowest BCUT2D eigenvalue weighted by atomic mass is 9.77. The molecule has 130 valence electrons. The standard InChI is InChI=1S/C17H33NO4/c1-13(17(2,3)22-16(18)20)12-14-6-8-15(9-7-14)21-11-5-4-10-19/h13-15,19H,4-12H2,1-3H3,(H2,18,20)/t13?,14-,15+. The summed E-state index contributed by atoms with van der Waals surface area (Å²) in [6.45, 7) is 6.99. The number of aliphatic hydroxyl groups excluding tert-OH is 1. The predicted octanol–water partition coefficient (Wildman–Crippen LogP) is 3.23. The van der Waals surface area contributed by atoms with Crippen LogP contribution in [0.5, 0.6) is 0 Å². The minimum atomic E-state index is -0.697. The van der Waals surface area contributed by atoms with Crippen molar-refractivity contribution in [2.45, 2.75) is 77.4 Å². The molecule has 0 spiro atoms. The van der Waals surface area contributed by atoms with E-state index in [9.17, 15) is 4.79 Å². The summed E-state index contributed by atoms with van der Waals surface area (Å²) in [6.07, 6.45) is 7.03. The summed E-state index contributed by atoms with van der Waals surface area (Å²) in [5, 5.41) is 8.75. The Morgan fingerprint density at radius 1 is 1.27 bits per heavy atom. The summed E-state index contributed by atoms with van der Waals surface area (Å²) in [5.74, 6) is 0.954. The third kappa shape index (κ3) is 6.97. The number of unbranched alkanes of at least 4 members (excludes halogenated alkanes) is 1. The molecule has 3 N–H and O–H groups in total. The zero-order chi connectivity index (χ0) is 16.6. The molecule has 1 amide bonds. The number of hydrogen-bond donors (Lipinski definition) is 2. The highest BCUT2D eigenvalue weighted by Gasteiger charge is 2.32. The van der Waals surface area contributed by atoms with Crippen molar-refractivity contribution in [2.24, 2.45) is 17.6 Å². The van der Waals surface area contributed by atoms with Crippen molar-refractivity contribution in [3.63, 3.8) is 0 Å². The van der Waals surface area contributed by atoms with Crippen LogP contribution in [0.15, 0.2) is 0 Å². The van der Waals surface area contributed by atoms with Gasteiger partial charge in [0.2, 0.25) is 0 Å². The molecule has 5 nitrogen and oxygen atoms in total. The van der Waals surface area contributed by atoms with Crippen LogP contribution in [0.2, 0.25) is 0 Å². The van der Waals surface area contributed by atoms with Gasteiger partial charge < -0.3 is 20.3 Å². The first-order valence-electron chi connectivity index (χ1n) is 8.56. The van der Waals surface area contributed by atoms with Gasteiger partial charge >= 0.3 is 6.09 Å². The first-order chi connectivity index (χ1) is 10.3. The lowest BCUT2D eigenvalue weighted by Gasteiger charge is -2.35. The summed E-state index contributed by atoms with van der Waals surface area (Å²) in [6, 6.07) is 0. The highest BCUT2D eigenvalue weighted by atomic mass is 16.6. The van der Waals surface area contributed by atoms with Crippen LogP contribution in [0, 0.1) is 11.8 Å². The van der Waals surface area contributed by atoms with Gasteiger partial charge in [0.05, 0.1) is 6.10 Å². The van der Waals surface area contributed by atoms with Crippen molar-refractivity contribution in [1.82, 2.24) is 0 Å². The van der Waals surface area contributed by atoms with E-state index in [4.69, 9.17) is 20.3 Å². The number of primary amides is 1. The van der Waals surface area contributed by atoms with Crippen LogP contribution in [0.4, 0.5) is 4.79 Å². The molecular formula is C17H33NO4. The SMILES string of the molecule is CC(C[C@H]1CC[C@@H](OCCCCO)CC1)C(C)(C)OC(N)=O. The number of hydrogen-bond acceptors (Lipinski definition) is 4. The largest absolute Gasteiger partial charge is 0.443 e. The molecule has 1 unspecified atom stereocenters. The molecule has 0 aromatic rings. The van der Waals surface area contributed by atoms with E-state index in [0.717, 1.165) is 38.7 Å². The Morgan fingerprint density at radius 2 is 1.91 bits per heavy atom. The normalized spacial score (nSPS) is 24.0. The zero-order valence-electron chi connectivity index (χ0n) is 14.3. The number of aliphatic hydroxyl groups is 1. The molecule has 1 aliphatic rings. The number of nitrogens with two attached hydrogens (primary N) is 1. The van der Waals surface area contributed by atoms with E-state index in [1.54, 1.807) is 0 Å². The van der Waals surface area contributed by atoms with Gasteiger partial charge in [0.15, 0.2) is 0 Å². The van der Waals surface area contributed by atoms with Crippen molar-refractivity contribution in [2.75, 3.05) is 13.2 Å². The summed E-state index contributed by atoms with van der Waals surface area (Å²) in [5.41, 5.74) is 4.63. The summed E-state index contributed by atoms with van der Waals surface area (Å²) < 4.78 is 11.1. The van der Waals surface area contributed by atoms with Crippen molar-refractivity contribution in [1.29, 1.82) is 0 Å². The van der Waals surface area contributed by atoms with Gasteiger partial charge in [-0.15, -0.1) is 0 Å². The first kappa shape index (κ1) is 19.2. The van der Waals surface area contributed by atoms with Crippen LogP contribution in [-0.2, 0) is 9.47 Å². The number of amides is 1. The van der Waals surface area contributed by atoms with Gasteiger partial charge in [-0.3, -0.25) is 0 Å². The lowest BCUT2D eigenvalue weighted by Crippen LogP contribution is -2.38. The molecule has 1 saturated carbocycles. The summed E-state index contributed by atoms with van der Waals surface area (Å²) in [4.78, 5) is 11.0. The number of ether oxygens (including phenoxy) is 2. The first-order valence-corrected chi connectivity index (χ1v) is 8.56. The molecular weight excluding hydrogens is 282 g/mol. The van der Waals surface area contributed by atoms with Crippen molar-refractivity contribution in [3.8, 4) is 0 Å². The van der Waals surface area contributed by atoms with Crippen molar-refractivity contribution in [3.05, 3.63) is 0 Å². The number of rotatable bonds is 9. The maximum absolute atomic E-state index is 11.0. The Labute approximate surface area is 134 Å². The Bertz CT molecular complexity index is 325. The molecule has 5 heteroatoms. The van der Waals surface area contributed by atoms with E-state index < -0.39 is 11.7 Å². The molecule has 0 bridgehead atoms. The fourth-order valence-electron chi connectivity index (χ4n) is 3.14. The maximum atomic E-state index is 11.0. The monoisotopic (exact) mass is 315 g/mol. The number of carbonyl (C=O) groups excluding carboxylic acids is 1. The summed E-state index contributed by atoms with van der Waals surface area (Å²) >= 11 is 0. The van der Waals surface area contributed by atoms with Crippen LogP contribution in [0.3, 0.4) is 0 Å². The minimum Gasteiger partial charge on any atom is -0.443 e. The van der Waals surface area contributed by atoms with Gasteiger partial charge in [-0.2, -0.15) is 0 Å². The van der Waals surface area contributed by atoms with E-state index in [1.165, 1.54) is 12.8 Å². The molecule has 1 fully saturated rings. The average Bonchev–Trinajstić information content (AvgIpc) is 2.44. The molecule has 1 aliphatic carbocycles. The molecule has 0 radical (unpaired) electrons. The molecule has 1 atom stereocenters. The highest BCUT2D eigenvalue weighted by Crippen LogP contribution is 2.35. The van der Waals surface area contributed by atoms with Crippen molar-refractivity contribution >= 4 is 6.09 Å². The zero-order valence-corrected chi connectivity index (χ0v) is 14.3. The van der Waals surface area contributed by atoms with Crippen LogP contribution >= 0.6 is 0 Å². The van der Waals surface area contributed by atoms with Gasteiger partial charge in [0.1, 0.15) is 5.60 Å². The Morgan fingerprint density at radius 3 is 2.45 bits per heavy atom. The molecule has 1 rings (SSSR count). The van der Waals surface area contributed by atoms with Crippen molar-refractivity contribution < 1.29 is 19.4 Å². The van der Waals surface area contributed by atoms with Crippen LogP contribution < -0.4 is 5.73 Å². The molecule has 0 aliphatic heterocycles. The summed E-state index contributed by atoms with van der Waals surface area (Å²) in [7, 11) is 0.